The van der Waals surface area contributed by atoms with Gasteiger partial charge in [0.15, 0.2) is 0 Å². The molecule has 10 heteroatoms. The fraction of sp³-hybridized carbons (Fsp3) is 0.0526. The van der Waals surface area contributed by atoms with Crippen LogP contribution in [0.3, 0.4) is 0 Å². The van der Waals surface area contributed by atoms with E-state index < -0.39 is 32.5 Å². The third-order valence-electron chi connectivity index (χ3n) is 3.89. The third-order valence-corrected chi connectivity index (χ3v) is 14.3. The van der Waals surface area contributed by atoms with Crippen molar-refractivity contribution < 1.29 is 25.3 Å². The van der Waals surface area contributed by atoms with Crippen molar-refractivity contribution in [3.05, 3.63) is 91.0 Å². The highest BCUT2D eigenvalue weighted by Crippen LogP contribution is 2.38. The van der Waals surface area contributed by atoms with E-state index in [4.69, 9.17) is 0 Å². The van der Waals surface area contributed by atoms with Gasteiger partial charge < -0.3 is 0 Å². The van der Waals surface area contributed by atoms with Crippen LogP contribution >= 0.6 is 10.8 Å². The predicted octanol–water partition coefficient (Wildman–Crippen LogP) is 3.34. The van der Waals surface area contributed by atoms with Crippen molar-refractivity contribution in [2.24, 2.45) is 0 Å². The first kappa shape index (κ1) is 21.6. The molecule has 0 amide bonds. The van der Waals surface area contributed by atoms with Crippen LogP contribution in [0.15, 0.2) is 106 Å². The lowest BCUT2D eigenvalue weighted by Crippen LogP contribution is -2.29. The van der Waals surface area contributed by atoms with Crippen LogP contribution in [0.4, 0.5) is 0 Å². The number of hydrogen-bond acceptors (Lipinski definition) is 7. The SMILES string of the molecule is O=S(=O)(SC(S(=O)(=O)c1ccccc1)S(=O)(=O)c1ccccc1)c1ccccc1. The van der Waals surface area contributed by atoms with Gasteiger partial charge in [0.2, 0.25) is 32.5 Å². The average Bonchev–Trinajstić information content (AvgIpc) is 2.74. The van der Waals surface area contributed by atoms with Gasteiger partial charge in [0.05, 0.1) is 14.7 Å². The molecule has 0 aliphatic rings. The molecule has 3 aromatic carbocycles. The highest BCUT2D eigenvalue weighted by molar-refractivity contribution is 8.75. The fourth-order valence-electron chi connectivity index (χ4n) is 2.46. The van der Waals surface area contributed by atoms with Crippen molar-refractivity contribution in [3.8, 4) is 0 Å². The first-order valence-electron chi connectivity index (χ1n) is 8.22. The molecule has 0 N–H and O–H groups in total. The minimum atomic E-state index is -4.55. The van der Waals surface area contributed by atoms with E-state index in [9.17, 15) is 25.3 Å². The van der Waals surface area contributed by atoms with Gasteiger partial charge in [0, 0.05) is 10.8 Å². The van der Waals surface area contributed by atoms with Gasteiger partial charge >= 0.3 is 0 Å². The van der Waals surface area contributed by atoms with E-state index in [1.165, 1.54) is 72.8 Å². The Hall–Kier alpha value is -2.14. The molecule has 0 heterocycles. The molecule has 6 nitrogen and oxygen atoms in total. The number of rotatable bonds is 7. The van der Waals surface area contributed by atoms with Gasteiger partial charge in [-0.1, -0.05) is 54.6 Å². The summed E-state index contributed by atoms with van der Waals surface area (Å²) in [6.45, 7) is 0. The van der Waals surface area contributed by atoms with Crippen LogP contribution in [0.25, 0.3) is 0 Å². The Kier molecular flexibility index (Phi) is 6.18. The zero-order chi connectivity index (χ0) is 21.1. The van der Waals surface area contributed by atoms with Gasteiger partial charge in [-0.3, -0.25) is 0 Å². The molecule has 0 aromatic heterocycles. The van der Waals surface area contributed by atoms with Crippen LogP contribution in [-0.2, 0) is 28.5 Å². The van der Waals surface area contributed by atoms with E-state index in [-0.39, 0.29) is 25.5 Å². The van der Waals surface area contributed by atoms with Crippen molar-refractivity contribution in [2.75, 3.05) is 0 Å². The molecule has 0 bridgehead atoms. The smallest absolute Gasteiger partial charge is 0.221 e. The van der Waals surface area contributed by atoms with Gasteiger partial charge in [-0.05, 0) is 36.4 Å². The Morgan fingerprint density at radius 2 is 0.793 bits per heavy atom. The normalized spacial score (nSPS) is 12.7. The Labute approximate surface area is 173 Å². The van der Waals surface area contributed by atoms with E-state index in [0.29, 0.717) is 0 Å². The first-order valence-corrected chi connectivity index (χ1v) is 14.2. The number of hydrogen-bond donors (Lipinski definition) is 0. The zero-order valence-corrected chi connectivity index (χ0v) is 18.1. The zero-order valence-electron chi connectivity index (χ0n) is 14.8. The predicted molar refractivity (Wildman–Crippen MR) is 112 cm³/mol. The molecule has 152 valence electrons. The van der Waals surface area contributed by atoms with Gasteiger partial charge in [-0.25, -0.2) is 25.3 Å². The molecule has 0 unspecified atom stereocenters. The Bertz CT molecular complexity index is 1220. The van der Waals surface area contributed by atoms with Crippen LogP contribution in [0.1, 0.15) is 0 Å². The molecular formula is C19H16O6S4. The summed E-state index contributed by atoms with van der Waals surface area (Å²) in [5.74, 6) is 0. The van der Waals surface area contributed by atoms with Crippen LogP contribution in [0.5, 0.6) is 0 Å². The summed E-state index contributed by atoms with van der Waals surface area (Å²) in [6.07, 6.45) is 0. The van der Waals surface area contributed by atoms with Gasteiger partial charge in [0.1, 0.15) is 0 Å². The lowest BCUT2D eigenvalue weighted by atomic mass is 10.4. The summed E-state index contributed by atoms with van der Waals surface area (Å²) in [5.41, 5.74) is 0. The molecule has 0 aliphatic carbocycles. The Morgan fingerprint density at radius 3 is 1.14 bits per heavy atom. The summed E-state index contributed by atoms with van der Waals surface area (Å²) in [5, 5.41) is 0. The molecule has 0 atom stereocenters. The highest BCUT2D eigenvalue weighted by Gasteiger charge is 2.44. The van der Waals surface area contributed by atoms with Crippen molar-refractivity contribution >= 4 is 39.3 Å². The second kappa shape index (κ2) is 8.31. The molecule has 0 aliphatic heterocycles. The van der Waals surface area contributed by atoms with Crippen LogP contribution < -0.4 is 0 Å². The monoisotopic (exact) mass is 468 g/mol. The maximum Gasteiger partial charge on any atom is 0.232 e. The molecular weight excluding hydrogens is 452 g/mol. The summed E-state index contributed by atoms with van der Waals surface area (Å²) >= 11 is 0. The molecule has 3 rings (SSSR count). The highest BCUT2D eigenvalue weighted by atomic mass is 33.1. The molecule has 29 heavy (non-hydrogen) atoms. The lowest BCUT2D eigenvalue weighted by Gasteiger charge is -2.18. The molecule has 0 saturated carbocycles. The summed E-state index contributed by atoms with van der Waals surface area (Å²) in [7, 11) is -13.5. The number of benzene rings is 3. The fourth-order valence-corrected chi connectivity index (χ4v) is 13.3. The van der Waals surface area contributed by atoms with Crippen molar-refractivity contribution in [1.29, 1.82) is 0 Å². The first-order chi connectivity index (χ1) is 13.7. The largest absolute Gasteiger partial charge is 0.232 e. The van der Waals surface area contributed by atoms with E-state index in [1.807, 2.05) is 0 Å². The van der Waals surface area contributed by atoms with Crippen LogP contribution in [-0.4, -0.2) is 29.2 Å². The van der Waals surface area contributed by atoms with Gasteiger partial charge in [0.25, 0.3) is 0 Å². The molecule has 0 saturated heterocycles. The summed E-state index contributed by atoms with van der Waals surface area (Å²) in [6, 6.07) is 21.0. The van der Waals surface area contributed by atoms with Crippen molar-refractivity contribution in [3.63, 3.8) is 0 Å². The van der Waals surface area contributed by atoms with Gasteiger partial charge in [-0.2, -0.15) is 0 Å². The maximum atomic E-state index is 13.2. The standard InChI is InChI=1S/C19H16O6S4/c20-27(21,16-10-4-1-5-11-16)19(28(22,23)17-12-6-2-7-13-17)26-29(24,25)18-14-8-3-9-15-18/h1-15,19H. The minimum absolute atomic E-state index is 0.100. The van der Waals surface area contributed by atoms with E-state index in [2.05, 4.69) is 0 Å². The topological polar surface area (TPSA) is 102 Å². The molecule has 0 fully saturated rings. The second-order valence-electron chi connectivity index (χ2n) is 5.87. The van der Waals surface area contributed by atoms with Crippen LogP contribution in [0, 0.1) is 0 Å². The van der Waals surface area contributed by atoms with Gasteiger partial charge in [-0.15, -0.1) is 0 Å². The average molecular weight is 469 g/mol. The third kappa shape index (κ3) is 4.55. The van der Waals surface area contributed by atoms with Crippen molar-refractivity contribution in [1.82, 2.24) is 0 Å². The number of sulfone groups is 2. The second-order valence-corrected chi connectivity index (χ2v) is 14.8. The Balaban J connectivity index is 2.18. The van der Waals surface area contributed by atoms with Crippen LogP contribution in [0.2, 0.25) is 0 Å². The van der Waals surface area contributed by atoms with E-state index in [0.717, 1.165) is 0 Å². The maximum absolute atomic E-state index is 13.2. The lowest BCUT2D eigenvalue weighted by molar-refractivity contribution is 0.585. The quantitative estimate of drug-likeness (QED) is 0.490. The summed E-state index contributed by atoms with van der Waals surface area (Å²) in [4.78, 5) is -0.734. The minimum Gasteiger partial charge on any atom is -0.221 e. The Morgan fingerprint density at radius 1 is 0.483 bits per heavy atom. The molecule has 0 spiro atoms. The molecule has 3 aromatic rings. The molecule has 0 radical (unpaired) electrons. The summed E-state index contributed by atoms with van der Waals surface area (Å²) < 4.78 is 76.2. The van der Waals surface area contributed by atoms with E-state index >= 15 is 0 Å². The van der Waals surface area contributed by atoms with E-state index in [1.54, 1.807) is 18.2 Å². The van der Waals surface area contributed by atoms with Crippen molar-refractivity contribution in [2.45, 2.75) is 18.6 Å².